The van der Waals surface area contributed by atoms with Gasteiger partial charge in [-0.1, -0.05) is 11.3 Å². The fourth-order valence-corrected chi connectivity index (χ4v) is 3.72. The molecule has 1 saturated carbocycles. The number of piperidine rings is 1. The molecule has 0 aromatic carbocycles. The lowest BCUT2D eigenvalue weighted by molar-refractivity contribution is 0.0641. The third-order valence-corrected chi connectivity index (χ3v) is 5.33. The van der Waals surface area contributed by atoms with Crippen LogP contribution in [-0.4, -0.2) is 34.4 Å². The number of likely N-dealkylation sites (tertiary alicyclic amines) is 1. The van der Waals surface area contributed by atoms with Gasteiger partial charge in [0.1, 0.15) is 10.7 Å². The quantitative estimate of drug-likeness (QED) is 0.899. The molecule has 2 fully saturated rings. The van der Waals surface area contributed by atoms with E-state index in [9.17, 15) is 4.79 Å². The molecule has 0 radical (unpaired) electrons. The van der Waals surface area contributed by atoms with Crippen LogP contribution in [-0.2, 0) is 0 Å². The van der Waals surface area contributed by atoms with Gasteiger partial charge in [0.15, 0.2) is 5.13 Å². The Balaban J connectivity index is 1.73. The van der Waals surface area contributed by atoms with Crippen molar-refractivity contribution in [2.45, 2.75) is 57.5 Å². The topological polar surface area (TPSA) is 71.2 Å². The molecule has 1 aromatic heterocycles. The molecule has 110 valence electrons. The highest BCUT2D eigenvalue weighted by Crippen LogP contribution is 2.31. The highest BCUT2D eigenvalue weighted by Gasteiger charge is 2.28. The van der Waals surface area contributed by atoms with Crippen molar-refractivity contribution in [1.82, 2.24) is 9.88 Å². The van der Waals surface area contributed by atoms with E-state index < -0.39 is 0 Å². The SMILES string of the molecule is CC1CCCCN1C(=O)c1sc(NC2CCC2)nc1N. The maximum Gasteiger partial charge on any atom is 0.268 e. The van der Waals surface area contributed by atoms with Crippen LogP contribution < -0.4 is 11.1 Å². The van der Waals surface area contributed by atoms with Gasteiger partial charge in [-0.05, 0) is 45.4 Å². The summed E-state index contributed by atoms with van der Waals surface area (Å²) in [7, 11) is 0. The number of amides is 1. The summed E-state index contributed by atoms with van der Waals surface area (Å²) >= 11 is 1.40. The Bertz CT molecular complexity index is 497. The smallest absolute Gasteiger partial charge is 0.268 e. The minimum atomic E-state index is 0.0499. The zero-order valence-corrected chi connectivity index (χ0v) is 12.7. The van der Waals surface area contributed by atoms with E-state index in [0.29, 0.717) is 22.8 Å². The van der Waals surface area contributed by atoms with Crippen molar-refractivity contribution in [2.75, 3.05) is 17.6 Å². The van der Waals surface area contributed by atoms with Crippen molar-refractivity contribution in [3.8, 4) is 0 Å². The van der Waals surface area contributed by atoms with Gasteiger partial charge in [0.2, 0.25) is 0 Å². The molecule has 0 bridgehead atoms. The highest BCUT2D eigenvalue weighted by molar-refractivity contribution is 7.18. The summed E-state index contributed by atoms with van der Waals surface area (Å²) in [5, 5.41) is 4.16. The number of nitrogens with two attached hydrogens (primary N) is 1. The minimum absolute atomic E-state index is 0.0499. The Morgan fingerprint density at radius 2 is 2.15 bits per heavy atom. The maximum atomic E-state index is 12.6. The number of anilines is 2. The molecule has 3 rings (SSSR count). The molecule has 1 aliphatic heterocycles. The molecule has 1 saturated heterocycles. The number of aromatic nitrogens is 1. The van der Waals surface area contributed by atoms with Crippen LogP contribution in [0.5, 0.6) is 0 Å². The van der Waals surface area contributed by atoms with Crippen LogP contribution in [0.15, 0.2) is 0 Å². The van der Waals surface area contributed by atoms with Crippen molar-refractivity contribution < 1.29 is 4.79 Å². The van der Waals surface area contributed by atoms with Crippen molar-refractivity contribution in [3.05, 3.63) is 4.88 Å². The van der Waals surface area contributed by atoms with E-state index >= 15 is 0 Å². The molecule has 2 heterocycles. The van der Waals surface area contributed by atoms with Gasteiger partial charge >= 0.3 is 0 Å². The second-order valence-corrected chi connectivity index (χ2v) is 6.85. The molecule has 1 amide bonds. The van der Waals surface area contributed by atoms with Crippen LogP contribution in [0.4, 0.5) is 10.9 Å². The Kier molecular flexibility index (Phi) is 3.83. The number of carbonyl (C=O) groups is 1. The van der Waals surface area contributed by atoms with Gasteiger partial charge in [-0.3, -0.25) is 4.79 Å². The Morgan fingerprint density at radius 3 is 2.80 bits per heavy atom. The van der Waals surface area contributed by atoms with Crippen LogP contribution in [0.2, 0.25) is 0 Å². The zero-order chi connectivity index (χ0) is 14.1. The number of hydrogen-bond acceptors (Lipinski definition) is 5. The molecule has 0 spiro atoms. The average Bonchev–Trinajstić information content (AvgIpc) is 2.75. The van der Waals surface area contributed by atoms with E-state index in [1.807, 2.05) is 4.90 Å². The van der Waals surface area contributed by atoms with Crippen molar-refractivity contribution in [1.29, 1.82) is 0 Å². The van der Waals surface area contributed by atoms with E-state index in [0.717, 1.165) is 24.5 Å². The monoisotopic (exact) mass is 294 g/mol. The number of thiazole rings is 1. The molecule has 1 unspecified atom stereocenters. The van der Waals surface area contributed by atoms with E-state index in [4.69, 9.17) is 5.73 Å². The summed E-state index contributed by atoms with van der Waals surface area (Å²) in [5.74, 6) is 0.424. The molecule has 2 aliphatic rings. The number of carbonyl (C=O) groups excluding carboxylic acids is 1. The maximum absolute atomic E-state index is 12.6. The normalized spacial score (nSPS) is 23.4. The van der Waals surface area contributed by atoms with Gasteiger partial charge in [0.25, 0.3) is 5.91 Å². The standard InChI is InChI=1S/C14H22N4OS/c1-9-5-2-3-8-18(9)13(19)11-12(15)17-14(20-11)16-10-6-4-7-10/h9-10H,2-8,15H2,1H3,(H,16,17). The molecule has 5 nitrogen and oxygen atoms in total. The van der Waals surface area contributed by atoms with Crippen LogP contribution >= 0.6 is 11.3 Å². The number of rotatable bonds is 3. The Labute approximate surface area is 123 Å². The van der Waals surface area contributed by atoms with Gasteiger partial charge in [0.05, 0.1) is 0 Å². The van der Waals surface area contributed by atoms with Gasteiger partial charge in [-0.2, -0.15) is 0 Å². The van der Waals surface area contributed by atoms with Crippen LogP contribution in [0.25, 0.3) is 0 Å². The van der Waals surface area contributed by atoms with Crippen molar-refractivity contribution in [3.63, 3.8) is 0 Å². The van der Waals surface area contributed by atoms with Crippen molar-refractivity contribution in [2.24, 2.45) is 0 Å². The molecule has 1 atom stereocenters. The largest absolute Gasteiger partial charge is 0.382 e. The Morgan fingerprint density at radius 1 is 1.35 bits per heavy atom. The summed E-state index contributed by atoms with van der Waals surface area (Å²) in [6, 6.07) is 0.818. The number of nitrogen functional groups attached to an aromatic ring is 1. The van der Waals surface area contributed by atoms with E-state index in [1.54, 1.807) is 0 Å². The predicted molar refractivity (Wildman–Crippen MR) is 82.1 cm³/mol. The van der Waals surface area contributed by atoms with Crippen LogP contribution in [0.3, 0.4) is 0 Å². The summed E-state index contributed by atoms with van der Waals surface area (Å²) < 4.78 is 0. The lowest BCUT2D eigenvalue weighted by atomic mass is 9.93. The molecule has 6 heteroatoms. The van der Waals surface area contributed by atoms with E-state index in [-0.39, 0.29) is 5.91 Å². The van der Waals surface area contributed by atoms with E-state index in [2.05, 4.69) is 17.2 Å². The molecular formula is C14H22N4OS. The van der Waals surface area contributed by atoms with Gasteiger partial charge in [-0.15, -0.1) is 0 Å². The summed E-state index contributed by atoms with van der Waals surface area (Å²) in [6.45, 7) is 2.95. The van der Waals surface area contributed by atoms with Gasteiger partial charge < -0.3 is 16.0 Å². The van der Waals surface area contributed by atoms with Crippen LogP contribution in [0.1, 0.15) is 55.1 Å². The number of hydrogen-bond donors (Lipinski definition) is 2. The van der Waals surface area contributed by atoms with Crippen LogP contribution in [0, 0.1) is 0 Å². The summed E-state index contributed by atoms with van der Waals surface area (Å²) in [6.07, 6.45) is 7.02. The third-order valence-electron chi connectivity index (χ3n) is 4.34. The highest BCUT2D eigenvalue weighted by atomic mass is 32.1. The van der Waals surface area contributed by atoms with Crippen molar-refractivity contribution >= 4 is 28.2 Å². The minimum Gasteiger partial charge on any atom is -0.382 e. The van der Waals surface area contributed by atoms with Gasteiger partial charge in [0, 0.05) is 18.6 Å². The average molecular weight is 294 g/mol. The second kappa shape index (κ2) is 5.60. The number of nitrogens with zero attached hydrogens (tertiary/aromatic N) is 2. The first-order valence-corrected chi connectivity index (χ1v) is 8.30. The Hall–Kier alpha value is -1.30. The number of nitrogens with one attached hydrogen (secondary N) is 1. The molecular weight excluding hydrogens is 272 g/mol. The summed E-state index contributed by atoms with van der Waals surface area (Å²) in [4.78, 5) is 19.5. The molecule has 1 aromatic rings. The third kappa shape index (κ3) is 2.61. The van der Waals surface area contributed by atoms with E-state index in [1.165, 1.54) is 37.0 Å². The fraction of sp³-hybridized carbons (Fsp3) is 0.714. The zero-order valence-electron chi connectivity index (χ0n) is 11.9. The molecule has 3 N–H and O–H groups in total. The second-order valence-electron chi connectivity index (χ2n) is 5.85. The fourth-order valence-electron chi connectivity index (χ4n) is 2.80. The lowest BCUT2D eigenvalue weighted by Crippen LogP contribution is -2.41. The first-order chi connectivity index (χ1) is 9.65. The first kappa shape index (κ1) is 13.7. The molecule has 1 aliphatic carbocycles. The molecule has 20 heavy (non-hydrogen) atoms. The summed E-state index contributed by atoms with van der Waals surface area (Å²) in [5.41, 5.74) is 5.94. The predicted octanol–water partition coefficient (Wildman–Crippen LogP) is 2.70. The van der Waals surface area contributed by atoms with Gasteiger partial charge in [-0.25, -0.2) is 4.98 Å². The lowest BCUT2D eigenvalue weighted by Gasteiger charge is -2.33. The first-order valence-electron chi connectivity index (χ1n) is 7.49.